The second-order valence-corrected chi connectivity index (χ2v) is 19.0. The molecule has 4 atom stereocenters. The standard InChI is InChI=1S/C43H41N5O7S4/c1-24(50)44-39(25-10-4-2-5-11-25)42(54)47-16-8-14-28(47)30(51)18-27-19-31-32(56-27)20-33(57-31)34-21-35-36(58-34)22-38(59-35)46-41(53)29-15-9-17-48(29)43(55)40(45-37(52)23-49)26-12-6-3-7-13-26/h2-7,10-13,19-22,28-29,39-40,49H,8-9,14-18,23H2,1H3,(H,44,50)(H,45,52)(H,46,53)/t28-,29-,39+,40+/m0/s1. The normalized spacial score (nSPS) is 17.6. The van der Waals surface area contributed by atoms with Crippen LogP contribution in [0.1, 0.15) is 60.7 Å². The van der Waals surface area contributed by atoms with Gasteiger partial charge in [0.05, 0.1) is 11.0 Å². The molecule has 0 spiro atoms. The van der Waals surface area contributed by atoms with E-state index in [-0.39, 0.29) is 29.9 Å². The van der Waals surface area contributed by atoms with E-state index in [2.05, 4.69) is 34.1 Å². The first-order chi connectivity index (χ1) is 28.6. The Hall–Kier alpha value is -5.26. The van der Waals surface area contributed by atoms with Gasteiger partial charge in [-0.1, -0.05) is 60.7 Å². The lowest BCUT2D eigenvalue weighted by atomic mass is 10.0. The molecule has 5 amide bonds. The number of benzene rings is 2. The van der Waals surface area contributed by atoms with Crippen molar-refractivity contribution in [1.29, 1.82) is 0 Å². The van der Waals surface area contributed by atoms with Gasteiger partial charge in [0.1, 0.15) is 24.7 Å². The summed E-state index contributed by atoms with van der Waals surface area (Å²) in [5, 5.41) is 18.4. The number of carbonyl (C=O) groups excluding carboxylic acids is 6. The Labute approximate surface area is 355 Å². The molecule has 0 bridgehead atoms. The molecule has 4 N–H and O–H groups in total. The number of thiophene rings is 4. The predicted octanol–water partition coefficient (Wildman–Crippen LogP) is 6.67. The Morgan fingerprint density at radius 2 is 1.20 bits per heavy atom. The van der Waals surface area contributed by atoms with Gasteiger partial charge in [-0.3, -0.25) is 28.8 Å². The van der Waals surface area contributed by atoms with Crippen molar-refractivity contribution in [3.05, 3.63) is 101 Å². The number of nitrogens with zero attached hydrogens (tertiary/aromatic N) is 2. The maximum absolute atomic E-state index is 13.7. The molecule has 2 fully saturated rings. The van der Waals surface area contributed by atoms with E-state index >= 15 is 0 Å². The lowest BCUT2D eigenvalue weighted by Crippen LogP contribution is -2.49. The highest BCUT2D eigenvalue weighted by Gasteiger charge is 2.39. The number of hydrogen-bond donors (Lipinski definition) is 4. The number of fused-ring (bicyclic) bond motifs is 2. The van der Waals surface area contributed by atoms with Crippen LogP contribution in [0.3, 0.4) is 0 Å². The first-order valence-electron chi connectivity index (χ1n) is 19.3. The summed E-state index contributed by atoms with van der Waals surface area (Å²) in [4.78, 5) is 85.2. The minimum absolute atomic E-state index is 0.00355. The van der Waals surface area contributed by atoms with Gasteiger partial charge in [-0.15, -0.1) is 45.3 Å². The highest BCUT2D eigenvalue weighted by atomic mass is 32.1. The van der Waals surface area contributed by atoms with Crippen LogP contribution in [-0.2, 0) is 35.2 Å². The van der Waals surface area contributed by atoms with Gasteiger partial charge in [-0.2, -0.15) is 0 Å². The van der Waals surface area contributed by atoms with Crippen molar-refractivity contribution in [2.75, 3.05) is 25.0 Å². The molecule has 0 saturated carbocycles. The quantitative estimate of drug-likeness (QED) is 0.101. The molecule has 0 radical (unpaired) electrons. The number of likely N-dealkylation sites (tertiary alicyclic amines) is 2. The van der Waals surface area contributed by atoms with Gasteiger partial charge in [0.15, 0.2) is 5.78 Å². The Kier molecular flexibility index (Phi) is 12.0. The number of Topliss-reactive ketones (excluding diaryl/α,β-unsaturated/α-hetero) is 1. The number of rotatable bonds is 13. The molecule has 2 aliphatic rings. The van der Waals surface area contributed by atoms with Crippen molar-refractivity contribution in [3.63, 3.8) is 0 Å². The molecule has 2 aromatic carbocycles. The largest absolute Gasteiger partial charge is 0.387 e. The molecule has 16 heteroatoms. The topological polar surface area (TPSA) is 165 Å². The number of carbonyl (C=O) groups is 6. The van der Waals surface area contributed by atoms with Crippen LogP contribution < -0.4 is 16.0 Å². The van der Waals surface area contributed by atoms with Crippen LogP contribution >= 0.6 is 45.3 Å². The molecule has 304 valence electrons. The van der Waals surface area contributed by atoms with Crippen LogP contribution in [-0.4, -0.2) is 82.0 Å². The van der Waals surface area contributed by atoms with E-state index in [1.807, 2.05) is 30.3 Å². The monoisotopic (exact) mass is 867 g/mol. The average Bonchev–Trinajstić information content (AvgIpc) is 4.09. The third kappa shape index (κ3) is 8.73. The fraction of sp³-hybridized carbons (Fsp3) is 0.302. The zero-order chi connectivity index (χ0) is 41.2. The molecule has 8 rings (SSSR count). The van der Waals surface area contributed by atoms with Gasteiger partial charge < -0.3 is 30.9 Å². The van der Waals surface area contributed by atoms with Crippen molar-refractivity contribution >= 4 is 104 Å². The number of ketones is 1. The van der Waals surface area contributed by atoms with Crippen LogP contribution in [0.5, 0.6) is 0 Å². The maximum Gasteiger partial charge on any atom is 0.250 e. The first-order valence-corrected chi connectivity index (χ1v) is 22.6. The summed E-state index contributed by atoms with van der Waals surface area (Å²) in [6.45, 7) is 1.48. The Morgan fingerprint density at radius 3 is 1.76 bits per heavy atom. The predicted molar refractivity (Wildman–Crippen MR) is 233 cm³/mol. The molecule has 2 aliphatic heterocycles. The molecule has 0 aliphatic carbocycles. The maximum atomic E-state index is 13.7. The molecule has 4 aromatic heterocycles. The van der Waals surface area contributed by atoms with Crippen LogP contribution in [0.25, 0.3) is 28.6 Å². The number of nitrogens with one attached hydrogen (secondary N) is 3. The van der Waals surface area contributed by atoms with Gasteiger partial charge in [-0.05, 0) is 61.1 Å². The third-order valence-electron chi connectivity index (χ3n) is 10.6. The lowest BCUT2D eigenvalue weighted by molar-refractivity contribution is -0.140. The minimum atomic E-state index is -1.02. The SMILES string of the molecule is CC(=O)N[C@@H](C(=O)N1CCC[C@H]1C(=O)Cc1cc2sc(-c3cc4sc(NC(=O)[C@@H]5CCCN5C(=O)[C@H](NC(=O)CO)c5ccccc5)cc4s3)cc2s1)c1ccccc1. The number of hydrogen-bond acceptors (Lipinski definition) is 11. The molecule has 2 saturated heterocycles. The second kappa shape index (κ2) is 17.5. The highest BCUT2D eigenvalue weighted by molar-refractivity contribution is 7.34. The molecule has 59 heavy (non-hydrogen) atoms. The van der Waals surface area contributed by atoms with Crippen molar-refractivity contribution in [2.45, 2.75) is 63.2 Å². The van der Waals surface area contributed by atoms with Gasteiger partial charge >= 0.3 is 0 Å². The Bertz CT molecular complexity index is 2480. The zero-order valence-corrected chi connectivity index (χ0v) is 35.2. The summed E-state index contributed by atoms with van der Waals surface area (Å²) in [6.07, 6.45) is 2.70. The van der Waals surface area contributed by atoms with Crippen molar-refractivity contribution in [2.24, 2.45) is 0 Å². The van der Waals surface area contributed by atoms with Crippen LogP contribution in [0.4, 0.5) is 5.00 Å². The highest BCUT2D eigenvalue weighted by Crippen LogP contribution is 2.45. The zero-order valence-electron chi connectivity index (χ0n) is 32.0. The van der Waals surface area contributed by atoms with Crippen LogP contribution in [0.2, 0.25) is 0 Å². The molecule has 12 nitrogen and oxygen atoms in total. The third-order valence-corrected chi connectivity index (χ3v) is 15.3. The summed E-state index contributed by atoms with van der Waals surface area (Å²) in [5.41, 5.74) is 1.25. The molecular weight excluding hydrogens is 827 g/mol. The van der Waals surface area contributed by atoms with E-state index in [0.29, 0.717) is 48.5 Å². The van der Waals surface area contributed by atoms with Crippen molar-refractivity contribution in [1.82, 2.24) is 20.4 Å². The van der Waals surface area contributed by atoms with Gasteiger partial charge in [0.25, 0.3) is 0 Å². The molecule has 6 heterocycles. The van der Waals surface area contributed by atoms with Crippen LogP contribution in [0.15, 0.2) is 84.9 Å². The summed E-state index contributed by atoms with van der Waals surface area (Å²) in [5.74, 6) is -1.94. The minimum Gasteiger partial charge on any atom is -0.387 e. The average molecular weight is 868 g/mol. The number of anilines is 1. The van der Waals surface area contributed by atoms with Gasteiger partial charge in [0.2, 0.25) is 29.5 Å². The number of aliphatic hydroxyl groups is 1. The fourth-order valence-electron chi connectivity index (χ4n) is 7.88. The molecule has 6 aromatic rings. The summed E-state index contributed by atoms with van der Waals surface area (Å²) in [7, 11) is 0. The number of aliphatic hydroxyl groups excluding tert-OH is 1. The van der Waals surface area contributed by atoms with E-state index in [9.17, 15) is 33.9 Å². The van der Waals surface area contributed by atoms with Gasteiger partial charge in [0, 0.05) is 59.9 Å². The van der Waals surface area contributed by atoms with E-state index in [4.69, 9.17) is 0 Å². The lowest BCUT2D eigenvalue weighted by Gasteiger charge is -2.28. The van der Waals surface area contributed by atoms with Gasteiger partial charge in [-0.25, -0.2) is 0 Å². The van der Waals surface area contributed by atoms with Crippen molar-refractivity contribution < 1.29 is 33.9 Å². The number of amides is 5. The molecular formula is C43H41N5O7S4. The van der Waals surface area contributed by atoms with Crippen molar-refractivity contribution in [3.8, 4) is 9.75 Å². The first kappa shape index (κ1) is 40.5. The van der Waals surface area contributed by atoms with E-state index in [0.717, 1.165) is 39.9 Å². The summed E-state index contributed by atoms with van der Waals surface area (Å²) >= 11 is 6.36. The van der Waals surface area contributed by atoms with E-state index < -0.39 is 42.6 Å². The fourth-order valence-corrected chi connectivity index (χ4v) is 12.7. The smallest absolute Gasteiger partial charge is 0.250 e. The Balaban J connectivity index is 0.905. The summed E-state index contributed by atoms with van der Waals surface area (Å²) < 4.78 is 4.24. The van der Waals surface area contributed by atoms with Crippen LogP contribution in [0, 0.1) is 0 Å². The van der Waals surface area contributed by atoms with E-state index in [1.54, 1.807) is 75.3 Å². The Morgan fingerprint density at radius 1 is 0.678 bits per heavy atom. The van der Waals surface area contributed by atoms with E-state index in [1.165, 1.54) is 23.2 Å². The summed E-state index contributed by atoms with van der Waals surface area (Å²) in [6, 6.07) is 23.1. The molecule has 0 unspecified atom stereocenters. The second-order valence-electron chi connectivity index (χ2n) is 14.6.